The fraction of sp³-hybridized carbons (Fsp3) is 0.0698. The van der Waals surface area contributed by atoms with Crippen LogP contribution in [0.5, 0.6) is 0 Å². The van der Waals surface area contributed by atoms with E-state index in [1.54, 1.807) is 0 Å². The van der Waals surface area contributed by atoms with Crippen LogP contribution in [0.3, 0.4) is 0 Å². The van der Waals surface area contributed by atoms with E-state index < -0.39 is 0 Å². The summed E-state index contributed by atoms with van der Waals surface area (Å²) < 4.78 is 0. The Bertz CT molecular complexity index is 2150. The summed E-state index contributed by atoms with van der Waals surface area (Å²) in [6.07, 6.45) is 0. The van der Waals surface area contributed by atoms with Crippen LogP contribution in [-0.2, 0) is 5.41 Å². The van der Waals surface area contributed by atoms with Crippen molar-refractivity contribution < 1.29 is 0 Å². The van der Waals surface area contributed by atoms with Crippen molar-refractivity contribution in [2.24, 2.45) is 0 Å². The van der Waals surface area contributed by atoms with E-state index in [4.69, 9.17) is 0 Å². The Balaban J connectivity index is 1.26. The van der Waals surface area contributed by atoms with Crippen LogP contribution < -0.4 is 0 Å². The summed E-state index contributed by atoms with van der Waals surface area (Å²) in [5, 5.41) is 2.84. The predicted molar refractivity (Wildman–Crippen MR) is 182 cm³/mol. The largest absolute Gasteiger partial charge is 0.0622 e. The van der Waals surface area contributed by atoms with Crippen molar-refractivity contribution in [2.45, 2.75) is 19.3 Å². The molecule has 0 bridgehead atoms. The summed E-state index contributed by atoms with van der Waals surface area (Å²) in [4.78, 5) is 0. The molecule has 0 unspecified atom stereocenters. The van der Waals surface area contributed by atoms with Crippen molar-refractivity contribution in [3.8, 4) is 66.8 Å². The summed E-state index contributed by atoms with van der Waals surface area (Å²) in [5.41, 5.74) is 18.3. The van der Waals surface area contributed by atoms with Gasteiger partial charge in [-0.3, -0.25) is 0 Å². The van der Waals surface area contributed by atoms with Crippen molar-refractivity contribution in [3.05, 3.63) is 157 Å². The number of rotatable bonds is 3. The van der Waals surface area contributed by atoms with Crippen LogP contribution in [0.15, 0.2) is 146 Å². The molecular formula is C43H30. The van der Waals surface area contributed by atoms with Gasteiger partial charge in [-0.1, -0.05) is 135 Å². The lowest BCUT2D eigenvalue weighted by atomic mass is 9.67. The molecule has 0 amide bonds. The molecule has 0 heteroatoms. The van der Waals surface area contributed by atoms with E-state index in [-0.39, 0.29) is 5.41 Å². The van der Waals surface area contributed by atoms with E-state index in [1.165, 1.54) is 88.7 Å². The first-order valence-electron chi connectivity index (χ1n) is 15.2. The standard InChI is InChI=1S/C43H30/c1-43(2)39-22-21-37-34-16-10-9-15-33(34)36-19-20-38(42(39)41(36)37)35-18-17-29(26-40(35)43)32-24-30(27-11-5-3-6-12-27)23-31(25-32)28-13-7-4-8-14-28/h3-26H,1-2H3. The van der Waals surface area contributed by atoms with Gasteiger partial charge in [0.2, 0.25) is 0 Å². The van der Waals surface area contributed by atoms with Gasteiger partial charge in [0.15, 0.2) is 0 Å². The minimum atomic E-state index is -0.135. The smallest absolute Gasteiger partial charge is 0.0159 e. The highest BCUT2D eigenvalue weighted by molar-refractivity contribution is 6.20. The zero-order valence-corrected chi connectivity index (χ0v) is 24.4. The zero-order valence-electron chi connectivity index (χ0n) is 24.4. The molecule has 0 spiro atoms. The Labute approximate surface area is 252 Å². The Morgan fingerprint density at radius 2 is 0.767 bits per heavy atom. The molecule has 0 aliphatic heterocycles. The maximum Gasteiger partial charge on any atom is 0.0159 e. The van der Waals surface area contributed by atoms with Gasteiger partial charge in [-0.05, 0) is 113 Å². The third-order valence-electron chi connectivity index (χ3n) is 9.81. The average Bonchev–Trinajstić information content (AvgIpc) is 3.40. The second-order valence-electron chi connectivity index (χ2n) is 12.5. The van der Waals surface area contributed by atoms with Gasteiger partial charge in [-0.2, -0.15) is 0 Å². The van der Waals surface area contributed by atoms with Crippen LogP contribution in [0.25, 0.3) is 77.5 Å². The summed E-state index contributed by atoms with van der Waals surface area (Å²) in [6, 6.07) is 54.0. The Hall–Kier alpha value is -5.20. The van der Waals surface area contributed by atoms with Gasteiger partial charge in [0.25, 0.3) is 0 Å². The SMILES string of the molecule is CC1(C)c2cc(-c3cc(-c4ccccc4)cc(-c4ccccc4)c3)ccc2-c2ccc3c4c(ccc1c24)-c1ccccc1-3. The van der Waals surface area contributed by atoms with Crippen molar-refractivity contribution in [2.75, 3.05) is 0 Å². The van der Waals surface area contributed by atoms with E-state index >= 15 is 0 Å². The van der Waals surface area contributed by atoms with Crippen molar-refractivity contribution in [1.82, 2.24) is 0 Å². The number of hydrogen-bond acceptors (Lipinski definition) is 0. The molecule has 7 aromatic rings. The normalized spacial score (nSPS) is 13.5. The van der Waals surface area contributed by atoms with Crippen LogP contribution >= 0.6 is 0 Å². The Morgan fingerprint density at radius 3 is 1.35 bits per heavy atom. The Morgan fingerprint density at radius 1 is 0.302 bits per heavy atom. The molecule has 202 valence electrons. The molecule has 0 N–H and O–H groups in total. The maximum atomic E-state index is 2.46. The van der Waals surface area contributed by atoms with Crippen LogP contribution in [0.4, 0.5) is 0 Å². The first-order chi connectivity index (χ1) is 21.1. The minimum Gasteiger partial charge on any atom is -0.0622 e. The molecule has 2 aliphatic carbocycles. The summed E-state index contributed by atoms with van der Waals surface area (Å²) in [6.45, 7) is 4.81. The van der Waals surface area contributed by atoms with E-state index in [0.29, 0.717) is 0 Å². The fourth-order valence-corrected chi connectivity index (χ4v) is 7.65. The number of hydrogen-bond donors (Lipinski definition) is 0. The zero-order chi connectivity index (χ0) is 28.7. The van der Waals surface area contributed by atoms with Crippen LogP contribution in [0, 0.1) is 0 Å². The molecule has 43 heavy (non-hydrogen) atoms. The molecule has 0 nitrogen and oxygen atoms in total. The summed E-state index contributed by atoms with van der Waals surface area (Å²) in [5.74, 6) is 0. The highest BCUT2D eigenvalue weighted by Gasteiger charge is 2.36. The second kappa shape index (κ2) is 8.90. The fourth-order valence-electron chi connectivity index (χ4n) is 7.65. The molecule has 7 aromatic carbocycles. The monoisotopic (exact) mass is 546 g/mol. The molecule has 0 aromatic heterocycles. The third-order valence-corrected chi connectivity index (χ3v) is 9.81. The molecule has 0 atom stereocenters. The number of fused-ring (bicyclic) bond motifs is 5. The maximum absolute atomic E-state index is 2.46. The molecular weight excluding hydrogens is 516 g/mol. The summed E-state index contributed by atoms with van der Waals surface area (Å²) >= 11 is 0. The van der Waals surface area contributed by atoms with Gasteiger partial charge in [-0.15, -0.1) is 0 Å². The predicted octanol–water partition coefficient (Wildman–Crippen LogP) is 11.8. The third kappa shape index (κ3) is 3.50. The molecule has 2 aliphatic rings. The van der Waals surface area contributed by atoms with E-state index in [9.17, 15) is 0 Å². The molecule has 0 saturated heterocycles. The highest BCUT2D eigenvalue weighted by Crippen LogP contribution is 2.56. The second-order valence-corrected chi connectivity index (χ2v) is 12.5. The molecule has 0 radical (unpaired) electrons. The van der Waals surface area contributed by atoms with Gasteiger partial charge in [0.05, 0.1) is 0 Å². The molecule has 0 fully saturated rings. The molecule has 0 heterocycles. The quantitative estimate of drug-likeness (QED) is 0.207. The minimum absolute atomic E-state index is 0.135. The van der Waals surface area contributed by atoms with Gasteiger partial charge < -0.3 is 0 Å². The van der Waals surface area contributed by atoms with Crippen LogP contribution in [0.2, 0.25) is 0 Å². The van der Waals surface area contributed by atoms with Gasteiger partial charge in [0, 0.05) is 5.41 Å². The van der Waals surface area contributed by atoms with Crippen LogP contribution in [-0.4, -0.2) is 0 Å². The van der Waals surface area contributed by atoms with E-state index in [0.717, 1.165) is 0 Å². The molecule has 0 saturated carbocycles. The highest BCUT2D eigenvalue weighted by atomic mass is 14.4. The van der Waals surface area contributed by atoms with E-state index in [1.807, 2.05) is 0 Å². The average molecular weight is 547 g/mol. The van der Waals surface area contributed by atoms with Gasteiger partial charge >= 0.3 is 0 Å². The number of benzene rings is 7. The molecule has 9 rings (SSSR count). The first kappa shape index (κ1) is 24.4. The Kier molecular flexibility index (Phi) is 5.05. The topological polar surface area (TPSA) is 0 Å². The summed E-state index contributed by atoms with van der Waals surface area (Å²) in [7, 11) is 0. The van der Waals surface area contributed by atoms with Crippen molar-refractivity contribution in [1.29, 1.82) is 0 Å². The van der Waals surface area contributed by atoms with Crippen molar-refractivity contribution in [3.63, 3.8) is 0 Å². The first-order valence-corrected chi connectivity index (χ1v) is 15.2. The lowest BCUT2D eigenvalue weighted by molar-refractivity contribution is 0.645. The van der Waals surface area contributed by atoms with Crippen molar-refractivity contribution >= 4 is 10.8 Å². The van der Waals surface area contributed by atoms with Gasteiger partial charge in [-0.25, -0.2) is 0 Å². The van der Waals surface area contributed by atoms with Crippen LogP contribution in [0.1, 0.15) is 25.0 Å². The lowest BCUT2D eigenvalue weighted by Gasteiger charge is -2.36. The van der Waals surface area contributed by atoms with Gasteiger partial charge in [0.1, 0.15) is 0 Å². The van der Waals surface area contributed by atoms with E-state index in [2.05, 4.69) is 159 Å². The lowest BCUT2D eigenvalue weighted by Crippen LogP contribution is -2.23.